The minimum Gasteiger partial charge on any atom is -0.504 e. The highest BCUT2D eigenvalue weighted by Crippen LogP contribution is 2.25. The third-order valence-corrected chi connectivity index (χ3v) is 2.99. The first-order valence-corrected chi connectivity index (χ1v) is 6.30. The molecule has 0 saturated heterocycles. The van der Waals surface area contributed by atoms with Crippen molar-refractivity contribution in [2.45, 2.75) is 6.42 Å². The van der Waals surface area contributed by atoms with Crippen molar-refractivity contribution >= 4 is 11.9 Å². The van der Waals surface area contributed by atoms with Gasteiger partial charge in [-0.1, -0.05) is 6.07 Å². The molecule has 2 aromatic rings. The minimum atomic E-state index is -0.106. The molecule has 0 saturated carbocycles. The molecule has 0 aliphatic heterocycles. The summed E-state index contributed by atoms with van der Waals surface area (Å²) in [7, 11) is 5.71. The van der Waals surface area contributed by atoms with Gasteiger partial charge in [-0.25, -0.2) is 0 Å². The van der Waals surface area contributed by atoms with Crippen molar-refractivity contribution in [3.8, 4) is 11.5 Å². The predicted octanol–water partition coefficient (Wildman–Crippen LogP) is 0.947. The molecule has 1 aromatic heterocycles. The first-order valence-electron chi connectivity index (χ1n) is 6.30. The first kappa shape index (κ1) is 14.0. The summed E-state index contributed by atoms with van der Waals surface area (Å²) in [5.74, 6) is 1.26. The molecule has 7 nitrogen and oxygen atoms in total. The van der Waals surface area contributed by atoms with Crippen molar-refractivity contribution in [1.82, 2.24) is 14.8 Å². The van der Waals surface area contributed by atoms with Gasteiger partial charge in [0.2, 0.25) is 11.9 Å². The second-order valence-electron chi connectivity index (χ2n) is 4.78. The number of phenols is 2. The maximum Gasteiger partial charge on any atom is 0.227 e. The molecule has 0 unspecified atom stereocenters. The highest BCUT2D eigenvalue weighted by Gasteiger charge is 2.09. The second kappa shape index (κ2) is 5.68. The molecule has 1 heterocycles. The molecule has 3 N–H and O–H groups in total. The lowest BCUT2D eigenvalue weighted by atomic mass is 10.1. The highest BCUT2D eigenvalue weighted by atomic mass is 16.3. The van der Waals surface area contributed by atoms with E-state index in [2.05, 4.69) is 15.5 Å². The lowest BCUT2D eigenvalue weighted by Crippen LogP contribution is -2.15. The number of rotatable bonds is 5. The summed E-state index contributed by atoms with van der Waals surface area (Å²) >= 11 is 0. The molecule has 1 aromatic carbocycles. The third kappa shape index (κ3) is 2.93. The van der Waals surface area contributed by atoms with E-state index in [1.165, 1.54) is 6.07 Å². The fourth-order valence-corrected chi connectivity index (χ4v) is 1.91. The van der Waals surface area contributed by atoms with E-state index in [4.69, 9.17) is 0 Å². The maximum atomic E-state index is 9.42. The Kier molecular flexibility index (Phi) is 3.97. The van der Waals surface area contributed by atoms with Crippen LogP contribution in [0.4, 0.5) is 11.9 Å². The Bertz CT molecular complexity index is 594. The van der Waals surface area contributed by atoms with Crippen LogP contribution in [0.5, 0.6) is 11.5 Å². The van der Waals surface area contributed by atoms with Crippen LogP contribution < -0.4 is 10.2 Å². The van der Waals surface area contributed by atoms with E-state index in [0.29, 0.717) is 18.9 Å². The second-order valence-corrected chi connectivity index (χ2v) is 4.78. The van der Waals surface area contributed by atoms with Crippen LogP contribution in [0, 0.1) is 0 Å². The van der Waals surface area contributed by atoms with Crippen molar-refractivity contribution in [2.24, 2.45) is 7.05 Å². The first-order chi connectivity index (χ1) is 9.49. The van der Waals surface area contributed by atoms with Gasteiger partial charge in [0.05, 0.1) is 0 Å². The van der Waals surface area contributed by atoms with Gasteiger partial charge in [0.25, 0.3) is 0 Å². The van der Waals surface area contributed by atoms with Crippen LogP contribution in [0.15, 0.2) is 18.2 Å². The number of aromatic hydroxyl groups is 2. The van der Waals surface area contributed by atoms with Gasteiger partial charge in [-0.05, 0) is 24.1 Å². The highest BCUT2D eigenvalue weighted by molar-refractivity contribution is 5.41. The van der Waals surface area contributed by atoms with E-state index >= 15 is 0 Å². The summed E-state index contributed by atoms with van der Waals surface area (Å²) in [6.45, 7) is 0.656. The van der Waals surface area contributed by atoms with E-state index in [0.717, 1.165) is 11.5 Å². The molecule has 0 spiro atoms. The van der Waals surface area contributed by atoms with Gasteiger partial charge in [-0.2, -0.15) is 0 Å². The zero-order valence-corrected chi connectivity index (χ0v) is 11.8. The van der Waals surface area contributed by atoms with Crippen LogP contribution in [0.25, 0.3) is 0 Å². The molecule has 0 atom stereocenters. The van der Waals surface area contributed by atoms with Gasteiger partial charge < -0.3 is 20.4 Å². The molecule has 0 fully saturated rings. The molecule has 2 rings (SSSR count). The summed E-state index contributed by atoms with van der Waals surface area (Å²) in [6, 6.07) is 4.81. The Hall–Kier alpha value is -2.44. The molecule has 0 radical (unpaired) electrons. The molecule has 7 heteroatoms. The van der Waals surface area contributed by atoms with E-state index in [9.17, 15) is 10.2 Å². The molecule has 0 amide bonds. The van der Waals surface area contributed by atoms with E-state index in [-0.39, 0.29) is 11.5 Å². The number of nitrogens with zero attached hydrogens (tertiary/aromatic N) is 4. The van der Waals surface area contributed by atoms with Crippen molar-refractivity contribution in [3.05, 3.63) is 23.8 Å². The fourth-order valence-electron chi connectivity index (χ4n) is 1.91. The standard InChI is InChI=1S/C13H19N5O2/c1-17(2)13-16-15-12(18(13)3)14-7-6-9-4-5-10(19)11(20)8-9/h4-5,8,19-20H,6-7H2,1-3H3,(H,14,15). The largest absolute Gasteiger partial charge is 0.504 e. The summed E-state index contributed by atoms with van der Waals surface area (Å²) in [5, 5.41) is 30.0. The van der Waals surface area contributed by atoms with Crippen LogP contribution >= 0.6 is 0 Å². The van der Waals surface area contributed by atoms with Crippen LogP contribution in [0.3, 0.4) is 0 Å². The van der Waals surface area contributed by atoms with Gasteiger partial charge in [0.15, 0.2) is 11.5 Å². The van der Waals surface area contributed by atoms with Gasteiger partial charge in [0, 0.05) is 27.7 Å². The SMILES string of the molecule is CN(C)c1nnc(NCCc2ccc(O)c(O)c2)n1C. The van der Waals surface area contributed by atoms with Crippen LogP contribution in [-0.4, -0.2) is 45.6 Å². The lowest BCUT2D eigenvalue weighted by Gasteiger charge is -2.11. The fraction of sp³-hybridized carbons (Fsp3) is 0.385. The van der Waals surface area contributed by atoms with Crippen molar-refractivity contribution in [2.75, 3.05) is 30.9 Å². The molecule has 108 valence electrons. The number of hydrogen-bond acceptors (Lipinski definition) is 6. The van der Waals surface area contributed by atoms with Gasteiger partial charge in [-0.15, -0.1) is 10.2 Å². The maximum absolute atomic E-state index is 9.42. The molecule has 0 aliphatic rings. The van der Waals surface area contributed by atoms with Crippen molar-refractivity contribution in [1.29, 1.82) is 0 Å². The minimum absolute atomic E-state index is 0.101. The Labute approximate surface area is 117 Å². The molecule has 0 aliphatic carbocycles. The molecule has 20 heavy (non-hydrogen) atoms. The number of nitrogens with one attached hydrogen (secondary N) is 1. The Balaban J connectivity index is 1.94. The van der Waals surface area contributed by atoms with Gasteiger partial charge >= 0.3 is 0 Å². The van der Waals surface area contributed by atoms with Crippen LogP contribution in [0.1, 0.15) is 5.56 Å². The van der Waals surface area contributed by atoms with Gasteiger partial charge in [0.1, 0.15) is 0 Å². The number of aromatic nitrogens is 3. The molecular formula is C13H19N5O2. The normalized spacial score (nSPS) is 10.6. The average molecular weight is 277 g/mol. The van der Waals surface area contributed by atoms with Crippen molar-refractivity contribution in [3.63, 3.8) is 0 Å². The predicted molar refractivity (Wildman–Crippen MR) is 77.3 cm³/mol. The van der Waals surface area contributed by atoms with Gasteiger partial charge in [-0.3, -0.25) is 4.57 Å². The summed E-state index contributed by atoms with van der Waals surface area (Å²) < 4.78 is 1.87. The Morgan fingerprint density at radius 3 is 2.55 bits per heavy atom. The van der Waals surface area contributed by atoms with E-state index in [1.807, 2.05) is 30.6 Å². The zero-order valence-electron chi connectivity index (χ0n) is 11.8. The number of hydrogen-bond donors (Lipinski definition) is 3. The lowest BCUT2D eigenvalue weighted by molar-refractivity contribution is 0.403. The van der Waals surface area contributed by atoms with Crippen molar-refractivity contribution < 1.29 is 10.2 Å². The molecular weight excluding hydrogens is 258 g/mol. The molecule has 0 bridgehead atoms. The quantitative estimate of drug-likeness (QED) is 0.705. The summed E-state index contributed by atoms with van der Waals surface area (Å²) in [5.41, 5.74) is 0.933. The third-order valence-electron chi connectivity index (χ3n) is 2.99. The average Bonchev–Trinajstić information content (AvgIpc) is 2.76. The zero-order chi connectivity index (χ0) is 14.7. The number of phenolic OH excluding ortho intramolecular Hbond substituents is 2. The van der Waals surface area contributed by atoms with E-state index in [1.54, 1.807) is 12.1 Å². The number of benzene rings is 1. The Morgan fingerprint density at radius 2 is 1.95 bits per heavy atom. The monoisotopic (exact) mass is 277 g/mol. The topological polar surface area (TPSA) is 86.4 Å². The number of anilines is 2. The van der Waals surface area contributed by atoms with E-state index < -0.39 is 0 Å². The van der Waals surface area contributed by atoms with Crippen LogP contribution in [0.2, 0.25) is 0 Å². The smallest absolute Gasteiger partial charge is 0.227 e. The Morgan fingerprint density at radius 1 is 1.20 bits per heavy atom. The summed E-state index contributed by atoms with van der Waals surface area (Å²) in [6.07, 6.45) is 0.706. The summed E-state index contributed by atoms with van der Waals surface area (Å²) in [4.78, 5) is 1.89. The van der Waals surface area contributed by atoms with Crippen LogP contribution in [-0.2, 0) is 13.5 Å².